The standard InChI is InChI=1S/C9H17NO.H4N2/c1-6-9(11)10(7(2)3)8(4)5;1-2/h6-8H,1H2,2-5H3;1-2H2. The molecule has 0 unspecified atom stereocenters. The fraction of sp³-hybridized carbons (Fsp3) is 0.667. The zero-order valence-electron chi connectivity index (χ0n) is 8.95. The highest BCUT2D eigenvalue weighted by Crippen LogP contribution is 2.05. The number of carbonyl (C=O) groups is 1. The number of hydrazine groups is 1. The van der Waals surface area contributed by atoms with E-state index in [0.29, 0.717) is 0 Å². The van der Waals surface area contributed by atoms with Crippen LogP contribution in [0.4, 0.5) is 0 Å². The molecule has 4 N–H and O–H groups in total. The molecule has 13 heavy (non-hydrogen) atoms. The van der Waals surface area contributed by atoms with E-state index >= 15 is 0 Å². The number of nitrogens with zero attached hydrogens (tertiary/aromatic N) is 1. The van der Waals surface area contributed by atoms with Crippen molar-refractivity contribution in [3.05, 3.63) is 12.7 Å². The van der Waals surface area contributed by atoms with Crippen LogP contribution in [0.1, 0.15) is 27.7 Å². The predicted octanol–water partition coefficient (Wildman–Crippen LogP) is 0.637. The maximum Gasteiger partial charge on any atom is 0.246 e. The van der Waals surface area contributed by atoms with Crippen LogP contribution in [0.2, 0.25) is 0 Å². The van der Waals surface area contributed by atoms with Crippen molar-refractivity contribution in [3.8, 4) is 0 Å². The monoisotopic (exact) mass is 187 g/mol. The summed E-state index contributed by atoms with van der Waals surface area (Å²) in [5.41, 5.74) is 0. The minimum Gasteiger partial charge on any atom is -0.334 e. The summed E-state index contributed by atoms with van der Waals surface area (Å²) in [6.07, 6.45) is 1.36. The highest BCUT2D eigenvalue weighted by Gasteiger charge is 2.16. The molecule has 0 saturated carbocycles. The number of carbonyl (C=O) groups excluding carboxylic acids is 1. The molecule has 0 atom stereocenters. The van der Waals surface area contributed by atoms with Gasteiger partial charge in [-0.05, 0) is 33.8 Å². The molecule has 0 aromatic carbocycles. The van der Waals surface area contributed by atoms with E-state index in [1.54, 1.807) is 4.90 Å². The van der Waals surface area contributed by atoms with Crippen LogP contribution in [0.5, 0.6) is 0 Å². The zero-order valence-corrected chi connectivity index (χ0v) is 8.95. The Hall–Kier alpha value is -0.870. The Labute approximate surface area is 80.5 Å². The van der Waals surface area contributed by atoms with Crippen molar-refractivity contribution in [2.45, 2.75) is 39.8 Å². The molecule has 0 spiro atoms. The zero-order chi connectivity index (χ0) is 11.0. The van der Waals surface area contributed by atoms with Crippen molar-refractivity contribution in [2.24, 2.45) is 11.7 Å². The van der Waals surface area contributed by atoms with Crippen LogP contribution in [0.3, 0.4) is 0 Å². The fourth-order valence-electron chi connectivity index (χ4n) is 1.21. The second-order valence-electron chi connectivity index (χ2n) is 3.14. The van der Waals surface area contributed by atoms with E-state index in [2.05, 4.69) is 18.3 Å². The molecule has 0 saturated heterocycles. The summed E-state index contributed by atoms with van der Waals surface area (Å²) >= 11 is 0. The van der Waals surface area contributed by atoms with Gasteiger partial charge in [-0.25, -0.2) is 0 Å². The van der Waals surface area contributed by atoms with Gasteiger partial charge >= 0.3 is 0 Å². The first-order valence-corrected chi connectivity index (χ1v) is 4.28. The predicted molar refractivity (Wildman–Crippen MR) is 55.7 cm³/mol. The van der Waals surface area contributed by atoms with Gasteiger partial charge in [0, 0.05) is 12.1 Å². The Balaban J connectivity index is 0. The number of hydrogen-bond acceptors (Lipinski definition) is 3. The summed E-state index contributed by atoms with van der Waals surface area (Å²) < 4.78 is 0. The summed E-state index contributed by atoms with van der Waals surface area (Å²) in [5.74, 6) is 8.01. The smallest absolute Gasteiger partial charge is 0.246 e. The van der Waals surface area contributed by atoms with Crippen LogP contribution in [-0.2, 0) is 4.79 Å². The molecule has 1 amide bonds. The number of rotatable bonds is 3. The van der Waals surface area contributed by atoms with Crippen molar-refractivity contribution in [3.63, 3.8) is 0 Å². The maximum atomic E-state index is 11.2. The van der Waals surface area contributed by atoms with E-state index in [4.69, 9.17) is 0 Å². The number of hydrogen-bond donors (Lipinski definition) is 2. The lowest BCUT2D eigenvalue weighted by atomic mass is 10.2. The molecule has 0 bridgehead atoms. The quantitative estimate of drug-likeness (QED) is 0.387. The molecule has 0 heterocycles. The maximum absolute atomic E-state index is 11.2. The van der Waals surface area contributed by atoms with Gasteiger partial charge in [0.05, 0.1) is 0 Å². The Kier molecular flexibility index (Phi) is 8.74. The summed E-state index contributed by atoms with van der Waals surface area (Å²) in [6.45, 7) is 11.5. The van der Waals surface area contributed by atoms with Crippen molar-refractivity contribution in [2.75, 3.05) is 0 Å². The lowest BCUT2D eigenvalue weighted by Crippen LogP contribution is -2.40. The van der Waals surface area contributed by atoms with E-state index in [1.807, 2.05) is 27.7 Å². The summed E-state index contributed by atoms with van der Waals surface area (Å²) in [7, 11) is 0. The van der Waals surface area contributed by atoms with E-state index < -0.39 is 0 Å². The van der Waals surface area contributed by atoms with Gasteiger partial charge in [0.1, 0.15) is 0 Å². The lowest BCUT2D eigenvalue weighted by Gasteiger charge is -2.29. The third-order valence-corrected chi connectivity index (χ3v) is 1.54. The van der Waals surface area contributed by atoms with E-state index in [0.717, 1.165) is 0 Å². The van der Waals surface area contributed by atoms with Gasteiger partial charge < -0.3 is 4.90 Å². The van der Waals surface area contributed by atoms with Crippen LogP contribution in [0.15, 0.2) is 12.7 Å². The van der Waals surface area contributed by atoms with Gasteiger partial charge in [-0.1, -0.05) is 6.58 Å². The molecule has 0 radical (unpaired) electrons. The van der Waals surface area contributed by atoms with E-state index in [9.17, 15) is 4.79 Å². The first-order chi connectivity index (χ1) is 6.00. The van der Waals surface area contributed by atoms with Crippen molar-refractivity contribution >= 4 is 5.91 Å². The van der Waals surface area contributed by atoms with Gasteiger partial charge in [-0.15, -0.1) is 0 Å². The number of amides is 1. The first-order valence-electron chi connectivity index (χ1n) is 4.28. The van der Waals surface area contributed by atoms with Gasteiger partial charge in [-0.3, -0.25) is 16.5 Å². The van der Waals surface area contributed by atoms with Crippen molar-refractivity contribution in [1.82, 2.24) is 4.90 Å². The highest BCUT2D eigenvalue weighted by atomic mass is 16.2. The Morgan fingerprint density at radius 2 is 1.54 bits per heavy atom. The SMILES string of the molecule is C=CC(=O)N(C(C)C)C(C)C.NN. The minimum absolute atomic E-state index is 0.00926. The van der Waals surface area contributed by atoms with Crippen LogP contribution < -0.4 is 11.7 Å². The van der Waals surface area contributed by atoms with Crippen LogP contribution in [0, 0.1) is 0 Å². The third kappa shape index (κ3) is 5.38. The average Bonchev–Trinajstić information content (AvgIpc) is 2.06. The molecule has 0 aliphatic heterocycles. The second kappa shape index (κ2) is 7.76. The molecule has 78 valence electrons. The molecular weight excluding hydrogens is 166 g/mol. The third-order valence-electron chi connectivity index (χ3n) is 1.54. The summed E-state index contributed by atoms with van der Waals surface area (Å²) in [4.78, 5) is 13.0. The Morgan fingerprint density at radius 1 is 1.23 bits per heavy atom. The van der Waals surface area contributed by atoms with Gasteiger partial charge in [0.25, 0.3) is 0 Å². The molecule has 0 aliphatic rings. The van der Waals surface area contributed by atoms with Crippen LogP contribution in [-0.4, -0.2) is 22.9 Å². The van der Waals surface area contributed by atoms with Crippen LogP contribution in [0.25, 0.3) is 0 Å². The van der Waals surface area contributed by atoms with Crippen molar-refractivity contribution < 1.29 is 4.79 Å². The first kappa shape index (κ1) is 14.6. The van der Waals surface area contributed by atoms with Crippen LogP contribution >= 0.6 is 0 Å². The molecule has 0 aromatic heterocycles. The van der Waals surface area contributed by atoms with Gasteiger partial charge in [0.15, 0.2) is 0 Å². The largest absolute Gasteiger partial charge is 0.334 e. The van der Waals surface area contributed by atoms with Gasteiger partial charge in [-0.2, -0.15) is 0 Å². The Bertz CT molecular complexity index is 147. The molecule has 0 aliphatic carbocycles. The molecule has 4 nitrogen and oxygen atoms in total. The summed E-state index contributed by atoms with van der Waals surface area (Å²) in [5, 5.41) is 0. The van der Waals surface area contributed by atoms with E-state index in [-0.39, 0.29) is 18.0 Å². The Morgan fingerprint density at radius 3 is 1.62 bits per heavy atom. The average molecular weight is 187 g/mol. The molecule has 0 fully saturated rings. The van der Waals surface area contributed by atoms with Gasteiger partial charge in [0.2, 0.25) is 5.91 Å². The fourth-order valence-corrected chi connectivity index (χ4v) is 1.21. The number of nitrogens with two attached hydrogens (primary N) is 2. The van der Waals surface area contributed by atoms with E-state index in [1.165, 1.54) is 6.08 Å². The minimum atomic E-state index is 0.00926. The normalized spacial score (nSPS) is 9.23. The molecule has 0 aromatic rings. The molecule has 4 heteroatoms. The molecular formula is C9H21N3O. The lowest BCUT2D eigenvalue weighted by molar-refractivity contribution is -0.129. The summed E-state index contributed by atoms with van der Waals surface area (Å²) in [6, 6.07) is 0.501. The second-order valence-corrected chi connectivity index (χ2v) is 3.14. The molecule has 0 rings (SSSR count). The topological polar surface area (TPSA) is 72.3 Å². The highest BCUT2D eigenvalue weighted by molar-refractivity contribution is 5.87. The van der Waals surface area contributed by atoms with Crippen molar-refractivity contribution in [1.29, 1.82) is 0 Å².